The molecular weight excluding hydrogens is 412 g/mol. The second-order valence-electron chi connectivity index (χ2n) is 9.27. The number of unbranched alkanes of at least 4 members (excludes halogenated alkanes) is 16. The van der Waals surface area contributed by atoms with E-state index < -0.39 is 0 Å². The van der Waals surface area contributed by atoms with Gasteiger partial charge in [-0.2, -0.15) is 0 Å². The molecule has 0 spiro atoms. The predicted octanol–water partition coefficient (Wildman–Crippen LogP) is 9.20. The van der Waals surface area contributed by atoms with Gasteiger partial charge in [-0.05, 0) is 53.4 Å². The first-order valence-corrected chi connectivity index (χ1v) is 14.7. The lowest BCUT2D eigenvalue weighted by atomic mass is 10.0. The van der Waals surface area contributed by atoms with E-state index in [0.29, 0.717) is 0 Å². The average Bonchev–Trinajstić information content (AvgIpc) is 2.81. The molecule has 0 aliphatic heterocycles. The molecule has 0 saturated carbocycles. The van der Waals surface area contributed by atoms with E-state index >= 15 is 0 Å². The van der Waals surface area contributed by atoms with Crippen LogP contribution in [0, 0.1) is 0 Å². The summed E-state index contributed by atoms with van der Waals surface area (Å²) >= 11 is 0. The molecule has 0 radical (unpaired) electrons. The summed E-state index contributed by atoms with van der Waals surface area (Å²) in [6, 6.07) is 0. The molecule has 0 heterocycles. The van der Waals surface area contributed by atoms with Crippen LogP contribution in [0.1, 0.15) is 150 Å². The topological polar surface area (TPSA) is 36.9 Å². The molecule has 0 rings (SSSR count). The molecule has 33 heavy (non-hydrogen) atoms. The molecule has 0 saturated heterocycles. The molecule has 0 aromatic heterocycles. The van der Waals surface area contributed by atoms with Crippen molar-refractivity contribution in [2.75, 3.05) is 26.4 Å². The van der Waals surface area contributed by atoms with Crippen LogP contribution in [-0.2, 0) is 18.9 Å². The van der Waals surface area contributed by atoms with Gasteiger partial charge in [-0.3, -0.25) is 0 Å². The summed E-state index contributed by atoms with van der Waals surface area (Å²) in [5.41, 5.74) is 0. The fourth-order valence-corrected chi connectivity index (χ4v) is 4.45. The van der Waals surface area contributed by atoms with Crippen molar-refractivity contribution < 1.29 is 18.9 Å². The molecule has 0 fully saturated rings. The van der Waals surface area contributed by atoms with E-state index in [4.69, 9.17) is 18.9 Å². The first-order chi connectivity index (χ1) is 16.3. The molecule has 0 unspecified atom stereocenters. The van der Waals surface area contributed by atoms with Crippen LogP contribution in [-0.4, -0.2) is 39.0 Å². The first kappa shape index (κ1) is 32.8. The van der Waals surface area contributed by atoms with Crippen LogP contribution in [0.25, 0.3) is 0 Å². The summed E-state index contributed by atoms with van der Waals surface area (Å²) in [5.74, 6) is 0. The maximum atomic E-state index is 5.61. The van der Waals surface area contributed by atoms with E-state index in [0.717, 1.165) is 39.3 Å². The maximum absolute atomic E-state index is 5.61. The Morgan fingerprint density at radius 2 is 0.485 bits per heavy atom. The van der Waals surface area contributed by atoms with Crippen LogP contribution in [0.4, 0.5) is 0 Å². The van der Waals surface area contributed by atoms with Gasteiger partial charge in [0.2, 0.25) is 0 Å². The molecule has 0 amide bonds. The predicted molar refractivity (Wildman–Crippen MR) is 142 cm³/mol. The van der Waals surface area contributed by atoms with Gasteiger partial charge in [0.1, 0.15) is 0 Å². The Morgan fingerprint density at radius 3 is 0.667 bits per heavy atom. The smallest absolute Gasteiger partial charge is 0.157 e. The highest BCUT2D eigenvalue weighted by atomic mass is 16.7. The van der Waals surface area contributed by atoms with Gasteiger partial charge in [0.15, 0.2) is 12.6 Å². The number of rotatable bonds is 28. The second-order valence-corrected chi connectivity index (χ2v) is 9.27. The van der Waals surface area contributed by atoms with Gasteiger partial charge in [-0.25, -0.2) is 0 Å². The van der Waals surface area contributed by atoms with Crippen LogP contribution in [0.3, 0.4) is 0 Å². The van der Waals surface area contributed by atoms with Gasteiger partial charge in [-0.1, -0.05) is 96.3 Å². The first-order valence-electron chi connectivity index (χ1n) is 14.7. The average molecular weight is 473 g/mol. The Labute approximate surface area is 207 Å². The van der Waals surface area contributed by atoms with Crippen LogP contribution in [0.15, 0.2) is 0 Å². The molecule has 0 aliphatic rings. The van der Waals surface area contributed by atoms with Gasteiger partial charge >= 0.3 is 0 Å². The van der Waals surface area contributed by atoms with Crippen LogP contribution < -0.4 is 0 Å². The lowest BCUT2D eigenvalue weighted by molar-refractivity contribution is -0.140. The summed E-state index contributed by atoms with van der Waals surface area (Å²) < 4.78 is 22.4. The quantitative estimate of drug-likeness (QED) is 0.0840. The van der Waals surface area contributed by atoms with E-state index in [1.54, 1.807) is 0 Å². The van der Waals surface area contributed by atoms with Crippen molar-refractivity contribution in [2.45, 2.75) is 162 Å². The Morgan fingerprint density at radius 1 is 0.303 bits per heavy atom. The van der Waals surface area contributed by atoms with Crippen molar-refractivity contribution >= 4 is 0 Å². The van der Waals surface area contributed by atoms with Crippen molar-refractivity contribution in [2.24, 2.45) is 0 Å². The Hall–Kier alpha value is -0.160. The zero-order valence-corrected chi connectivity index (χ0v) is 23.1. The minimum absolute atomic E-state index is 0.0184. The van der Waals surface area contributed by atoms with Gasteiger partial charge in [0.05, 0.1) is 0 Å². The number of hydrogen-bond acceptors (Lipinski definition) is 4. The van der Waals surface area contributed by atoms with Gasteiger partial charge in [0.25, 0.3) is 0 Å². The molecule has 0 aromatic carbocycles. The summed E-state index contributed by atoms with van der Waals surface area (Å²) in [7, 11) is 0. The normalized spacial score (nSPS) is 11.8. The van der Waals surface area contributed by atoms with Crippen molar-refractivity contribution in [3.63, 3.8) is 0 Å². The Bertz CT molecular complexity index is 307. The Kier molecular flexibility index (Phi) is 27.9. The third-order valence-corrected chi connectivity index (χ3v) is 6.29. The van der Waals surface area contributed by atoms with E-state index in [1.807, 2.05) is 27.7 Å². The fourth-order valence-electron chi connectivity index (χ4n) is 4.45. The molecular formula is C29H60O4. The SMILES string of the molecule is CCOC(CCCCCCCCCCCCCCCCCCCC(OCC)OCC)OCC. The maximum Gasteiger partial charge on any atom is 0.157 e. The van der Waals surface area contributed by atoms with Crippen LogP contribution in [0.2, 0.25) is 0 Å². The van der Waals surface area contributed by atoms with E-state index in [1.165, 1.54) is 109 Å². The molecule has 0 aromatic rings. The molecule has 0 bridgehead atoms. The molecule has 4 nitrogen and oxygen atoms in total. The van der Waals surface area contributed by atoms with Gasteiger partial charge in [-0.15, -0.1) is 0 Å². The van der Waals surface area contributed by atoms with Gasteiger partial charge < -0.3 is 18.9 Å². The summed E-state index contributed by atoms with van der Waals surface area (Å²) in [5, 5.41) is 0. The van der Waals surface area contributed by atoms with Crippen LogP contribution >= 0.6 is 0 Å². The number of ether oxygens (including phenoxy) is 4. The van der Waals surface area contributed by atoms with Crippen molar-refractivity contribution in [3.05, 3.63) is 0 Å². The molecule has 0 N–H and O–H groups in total. The monoisotopic (exact) mass is 472 g/mol. The highest BCUT2D eigenvalue weighted by Crippen LogP contribution is 2.16. The second kappa shape index (κ2) is 28.1. The minimum atomic E-state index is 0.0184. The van der Waals surface area contributed by atoms with E-state index in [-0.39, 0.29) is 12.6 Å². The molecule has 200 valence electrons. The molecule has 4 heteroatoms. The Balaban J connectivity index is 3.22. The molecule has 0 atom stereocenters. The standard InChI is InChI=1S/C29H60O4/c1-5-30-28(31-6-2)26-24-22-20-18-16-14-12-10-9-11-13-15-17-19-21-23-25-27-29(32-7-3)33-8-4/h28-29H,5-27H2,1-4H3. The van der Waals surface area contributed by atoms with Crippen molar-refractivity contribution in [3.8, 4) is 0 Å². The minimum Gasteiger partial charge on any atom is -0.353 e. The zero-order valence-electron chi connectivity index (χ0n) is 23.1. The fraction of sp³-hybridized carbons (Fsp3) is 1.00. The van der Waals surface area contributed by atoms with E-state index in [2.05, 4.69) is 0 Å². The number of hydrogen-bond donors (Lipinski definition) is 0. The van der Waals surface area contributed by atoms with Crippen LogP contribution in [0.5, 0.6) is 0 Å². The third-order valence-electron chi connectivity index (χ3n) is 6.29. The van der Waals surface area contributed by atoms with E-state index in [9.17, 15) is 0 Å². The lowest BCUT2D eigenvalue weighted by Crippen LogP contribution is -2.17. The summed E-state index contributed by atoms with van der Waals surface area (Å²) in [6.45, 7) is 11.2. The summed E-state index contributed by atoms with van der Waals surface area (Å²) in [4.78, 5) is 0. The zero-order chi connectivity index (χ0) is 24.2. The third kappa shape index (κ3) is 24.8. The van der Waals surface area contributed by atoms with Crippen molar-refractivity contribution in [1.29, 1.82) is 0 Å². The highest BCUT2D eigenvalue weighted by molar-refractivity contribution is 4.53. The molecule has 0 aliphatic carbocycles. The highest BCUT2D eigenvalue weighted by Gasteiger charge is 2.07. The largest absolute Gasteiger partial charge is 0.353 e. The van der Waals surface area contributed by atoms with Crippen molar-refractivity contribution in [1.82, 2.24) is 0 Å². The van der Waals surface area contributed by atoms with Gasteiger partial charge in [0, 0.05) is 26.4 Å². The lowest BCUT2D eigenvalue weighted by Gasteiger charge is -2.16. The summed E-state index contributed by atoms with van der Waals surface area (Å²) in [6.07, 6.45) is 25.6.